The maximum absolute atomic E-state index is 14.5. The van der Waals surface area contributed by atoms with Crippen molar-refractivity contribution >= 4 is 71.1 Å². The van der Waals surface area contributed by atoms with Crippen LogP contribution in [-0.4, -0.2) is 187 Å². The van der Waals surface area contributed by atoms with Crippen LogP contribution in [0.4, 0.5) is 9.59 Å². The van der Waals surface area contributed by atoms with Crippen LogP contribution in [0.15, 0.2) is 121 Å². The van der Waals surface area contributed by atoms with Crippen LogP contribution in [0.2, 0.25) is 0 Å². The average Bonchev–Trinajstić information content (AvgIpc) is 1.60. The van der Waals surface area contributed by atoms with Crippen LogP contribution in [0, 0.1) is 29.6 Å². The van der Waals surface area contributed by atoms with Gasteiger partial charge < -0.3 is 77.8 Å². The number of amides is 8. The van der Waals surface area contributed by atoms with Gasteiger partial charge in [0.1, 0.15) is 28.8 Å². The van der Waals surface area contributed by atoms with E-state index in [0.29, 0.717) is 51.5 Å². The van der Waals surface area contributed by atoms with Crippen molar-refractivity contribution in [2.45, 2.75) is 244 Å². The van der Waals surface area contributed by atoms with E-state index in [1.165, 1.54) is 24.0 Å². The second-order valence-electron chi connectivity index (χ2n) is 33.4. The zero-order valence-corrected chi connectivity index (χ0v) is 69.8. The van der Waals surface area contributed by atoms with E-state index in [0.717, 1.165) is 22.3 Å². The Bertz CT molecular complexity index is 3780. The maximum atomic E-state index is 14.5. The van der Waals surface area contributed by atoms with Crippen molar-refractivity contribution in [2.24, 2.45) is 46.8 Å². The number of Topliss-reactive ketones (excluding diaryl/α,β-unsaturated/α-hetero) is 2. The van der Waals surface area contributed by atoms with Gasteiger partial charge in [-0.25, -0.2) is 19.2 Å². The highest BCUT2D eigenvalue weighted by Crippen LogP contribution is 2.30. The molecule has 4 aromatic rings. The summed E-state index contributed by atoms with van der Waals surface area (Å²) in [5.74, 6) is -6.94. The lowest BCUT2D eigenvalue weighted by Crippen LogP contribution is -2.59. The molecular formula is C87H129N11O16. The first kappa shape index (κ1) is 95.0. The second kappa shape index (κ2) is 45.5. The highest BCUT2D eigenvalue weighted by Gasteiger charge is 2.51. The van der Waals surface area contributed by atoms with Gasteiger partial charge in [0.25, 0.3) is 0 Å². The van der Waals surface area contributed by atoms with Crippen LogP contribution in [-0.2, 0) is 79.7 Å². The number of nitrogens with zero attached hydrogens (tertiary/aromatic N) is 2. The fourth-order valence-corrected chi connectivity index (χ4v) is 14.1. The van der Waals surface area contributed by atoms with Crippen molar-refractivity contribution in [3.05, 3.63) is 144 Å². The second-order valence-corrected chi connectivity index (χ2v) is 33.4. The minimum Gasteiger partial charge on any atom is -0.468 e. The standard InChI is InChI=1S/C49H73N5O10.C38H56N6O6/c1-32(2)28-37(30-40(55)39(29-35-20-14-12-15-21-35)52-41(56)34(4)33(3)36-22-16-13-17-23-36)42(57)51-38(24-18-19-26-50-45(60)63-47(5,6)7)43(58)54-27-25-49(31-54,44(59)62-11)53-46(61)64-48(8,9)10;1-25(2)21-29(34(46)42-30(17-11-12-19-39)36(48)44-20-18-38(41,24-44)37(49)50-4)23-32(45)31(22-27-13-7-5-8-14-27)43-35(47)33(40)26(3)28-15-9-6-10-16-28/h12-17,20-23,32-34,37-39H,18-19,24-31H2,1-11H3,(H,50,60)(H,51,57)(H,52,56)(H,53,61);5-10,13-16,25-26,29-31,33H,11-12,17-24,39-41H2,1-4H3,(H,42,46)(H,43,47)/t33-,34+,37-,38+,39+,49?;26-,29+,30-,31-,33-,38?/m01/s1. The molecule has 6 rings (SSSR count). The Hall–Kier alpha value is -9.60. The number of ether oxygens (including phenoxy) is 4. The van der Waals surface area contributed by atoms with Crippen LogP contribution in [0.3, 0.4) is 0 Å². The molecule has 27 heteroatoms. The topological polar surface area (TPSA) is 398 Å². The van der Waals surface area contributed by atoms with Crippen LogP contribution in [0.25, 0.3) is 0 Å². The molecule has 0 spiro atoms. The Labute approximate surface area is 674 Å². The summed E-state index contributed by atoms with van der Waals surface area (Å²) in [5.41, 5.74) is 17.5. The predicted octanol–water partition coefficient (Wildman–Crippen LogP) is 8.81. The predicted molar refractivity (Wildman–Crippen MR) is 436 cm³/mol. The molecule has 0 radical (unpaired) electrons. The number of hydrogen-bond donors (Lipinski definition) is 9. The lowest BCUT2D eigenvalue weighted by molar-refractivity contribution is -0.149. The summed E-state index contributed by atoms with van der Waals surface area (Å²) in [6.07, 6.45) is 2.24. The van der Waals surface area contributed by atoms with Crippen molar-refractivity contribution < 1.29 is 76.5 Å². The molecular weight excluding hydrogens is 1460 g/mol. The molecule has 0 saturated carbocycles. The van der Waals surface area contributed by atoms with Gasteiger partial charge in [-0.1, -0.05) is 170 Å². The third-order valence-corrected chi connectivity index (χ3v) is 20.6. The van der Waals surface area contributed by atoms with Gasteiger partial charge in [0.05, 0.1) is 38.9 Å². The Morgan fingerprint density at radius 3 is 1.32 bits per heavy atom. The van der Waals surface area contributed by atoms with E-state index in [-0.39, 0.29) is 125 Å². The monoisotopic (exact) mass is 1580 g/mol. The molecule has 0 aromatic heterocycles. The first-order valence-corrected chi connectivity index (χ1v) is 40.1. The summed E-state index contributed by atoms with van der Waals surface area (Å²) in [5, 5.41) is 17.1. The first-order valence-electron chi connectivity index (χ1n) is 40.1. The van der Waals surface area contributed by atoms with Gasteiger partial charge in [0.2, 0.25) is 35.4 Å². The molecule has 2 unspecified atom stereocenters. The molecule has 12 atom stereocenters. The van der Waals surface area contributed by atoms with Gasteiger partial charge in [-0.05, 0) is 159 Å². The minimum atomic E-state index is -1.60. The number of methoxy groups -OCH3 is 2. The van der Waals surface area contributed by atoms with E-state index in [1.807, 2.05) is 170 Å². The smallest absolute Gasteiger partial charge is 0.408 e. The quantitative estimate of drug-likeness (QED) is 0.0114. The van der Waals surface area contributed by atoms with Gasteiger partial charge >= 0.3 is 24.1 Å². The van der Waals surface area contributed by atoms with Crippen molar-refractivity contribution in [3.63, 3.8) is 0 Å². The number of rotatable bonds is 40. The average molecular weight is 1590 g/mol. The summed E-state index contributed by atoms with van der Waals surface area (Å²) in [6, 6.07) is 33.1. The van der Waals surface area contributed by atoms with Crippen LogP contribution in [0.1, 0.15) is 201 Å². The number of unbranched alkanes of at least 4 members (excludes halogenated alkanes) is 2. The molecule has 2 heterocycles. The lowest BCUT2D eigenvalue weighted by atomic mass is 9.86. The summed E-state index contributed by atoms with van der Waals surface area (Å²) < 4.78 is 20.7. The number of ketones is 2. The van der Waals surface area contributed by atoms with Crippen LogP contribution >= 0.6 is 0 Å². The molecule has 2 aliphatic heterocycles. The first-order chi connectivity index (χ1) is 53.7. The number of alkyl carbamates (subject to hydrolysis) is 2. The van der Waals surface area contributed by atoms with Gasteiger partial charge in [-0.15, -0.1) is 0 Å². The third-order valence-electron chi connectivity index (χ3n) is 20.6. The summed E-state index contributed by atoms with van der Waals surface area (Å²) in [7, 11) is 2.44. The summed E-state index contributed by atoms with van der Waals surface area (Å²) in [6.45, 7) is 24.5. The van der Waals surface area contributed by atoms with E-state index in [9.17, 15) is 57.5 Å². The molecule has 0 bridgehead atoms. The molecule has 2 saturated heterocycles. The van der Waals surface area contributed by atoms with Crippen LogP contribution in [0.5, 0.6) is 0 Å². The Morgan fingerprint density at radius 1 is 0.482 bits per heavy atom. The normalized spacial score (nSPS) is 18.1. The van der Waals surface area contributed by atoms with Gasteiger partial charge in [-0.2, -0.15) is 0 Å². The third kappa shape index (κ3) is 31.0. The maximum Gasteiger partial charge on any atom is 0.408 e. The number of nitrogens with two attached hydrogens (primary N) is 3. The van der Waals surface area contributed by atoms with Gasteiger partial charge in [0.15, 0.2) is 17.1 Å². The number of likely N-dealkylation sites (tertiary alicyclic amines) is 2. The van der Waals surface area contributed by atoms with E-state index in [1.54, 1.807) is 41.5 Å². The Morgan fingerprint density at radius 2 is 0.886 bits per heavy atom. The molecule has 4 aromatic carbocycles. The zero-order chi connectivity index (χ0) is 84.7. The van der Waals surface area contributed by atoms with E-state index in [4.69, 9.17) is 36.1 Å². The van der Waals surface area contributed by atoms with Crippen molar-refractivity contribution in [2.75, 3.05) is 53.5 Å². The van der Waals surface area contributed by atoms with E-state index in [2.05, 4.69) is 31.9 Å². The molecule has 8 amide bonds. The van der Waals surface area contributed by atoms with Crippen molar-refractivity contribution in [1.82, 2.24) is 41.7 Å². The number of nitrogens with one attached hydrogen (secondary N) is 6. The largest absolute Gasteiger partial charge is 0.468 e. The summed E-state index contributed by atoms with van der Waals surface area (Å²) >= 11 is 0. The number of benzene rings is 4. The zero-order valence-electron chi connectivity index (χ0n) is 69.8. The number of carbonyl (C=O) groups is 12. The minimum absolute atomic E-state index is 0.0104. The number of hydrogen-bond acceptors (Lipinski definition) is 19. The number of carbonyl (C=O) groups excluding carboxylic acids is 12. The Kier molecular flexibility index (Phi) is 37.9. The van der Waals surface area contributed by atoms with Crippen molar-refractivity contribution in [1.29, 1.82) is 0 Å². The Balaban J connectivity index is 0.000000419. The molecule has 628 valence electrons. The van der Waals surface area contributed by atoms with E-state index >= 15 is 0 Å². The molecule has 27 nitrogen and oxygen atoms in total. The molecule has 2 fully saturated rings. The fraction of sp³-hybridized carbons (Fsp3) is 0.586. The lowest BCUT2D eigenvalue weighted by Gasteiger charge is -2.31. The van der Waals surface area contributed by atoms with Gasteiger partial charge in [0, 0.05) is 69.1 Å². The molecule has 2 aliphatic rings. The van der Waals surface area contributed by atoms with Crippen LogP contribution < -0.4 is 49.1 Å². The van der Waals surface area contributed by atoms with E-state index < -0.39 is 118 Å². The molecule has 0 aliphatic carbocycles. The fourth-order valence-electron chi connectivity index (χ4n) is 14.1. The highest BCUT2D eigenvalue weighted by molar-refractivity contribution is 5.97. The number of esters is 2. The van der Waals surface area contributed by atoms with Crippen molar-refractivity contribution in [3.8, 4) is 0 Å². The molecule has 114 heavy (non-hydrogen) atoms. The SMILES string of the molecule is COC(=O)C1(N)CCN(C(=O)[C@@H](CCCCN)NC(=O)[C@H](CC(=O)[C@@H](Cc2ccccc2)NC(=O)[C@H](N)[C@H](C)c2ccccc2)CC(C)C)C1.COC(=O)C1(NC(=O)OC(C)(C)C)CCN(C(=O)[C@@H](CCCCNC(=O)OC(C)(C)C)NC(=O)[C@H](CC(=O)[C@@H](Cc2ccccc2)NC(=O)[C@H](C)[C@H](C)c2ccccc2)CC(C)C)C1. The van der Waals surface area contributed by atoms with Gasteiger partial charge in [-0.3, -0.25) is 38.4 Å². The molecule has 12 N–H and O–H groups in total. The highest BCUT2D eigenvalue weighted by atomic mass is 16.6. The summed E-state index contributed by atoms with van der Waals surface area (Å²) in [4.78, 5) is 166.